The number of aromatic nitrogens is 2. The summed E-state index contributed by atoms with van der Waals surface area (Å²) in [6, 6.07) is 1.83. The molecule has 0 unspecified atom stereocenters. The predicted octanol–water partition coefficient (Wildman–Crippen LogP) is 1.58. The van der Waals surface area contributed by atoms with Crippen molar-refractivity contribution in [2.45, 2.75) is 51.0 Å². The second-order valence-corrected chi connectivity index (χ2v) is 5.83. The molecule has 1 aliphatic carbocycles. The highest BCUT2D eigenvalue weighted by Crippen LogP contribution is 2.29. The average molecular weight is 265 g/mol. The lowest BCUT2D eigenvalue weighted by atomic mass is 9.98. The van der Waals surface area contributed by atoms with Gasteiger partial charge < -0.3 is 10.4 Å². The zero-order valence-electron chi connectivity index (χ0n) is 11.9. The van der Waals surface area contributed by atoms with E-state index in [0.29, 0.717) is 11.6 Å². The van der Waals surface area contributed by atoms with Gasteiger partial charge in [-0.25, -0.2) is 0 Å². The highest BCUT2D eigenvalue weighted by molar-refractivity contribution is 5.93. The lowest BCUT2D eigenvalue weighted by Gasteiger charge is -2.27. The highest BCUT2D eigenvalue weighted by Gasteiger charge is 2.35. The number of aliphatic hydroxyl groups excluding tert-OH is 1. The van der Waals surface area contributed by atoms with Gasteiger partial charge in [0, 0.05) is 7.05 Å². The minimum atomic E-state index is -0.431. The number of hydrogen-bond donors (Lipinski definition) is 2. The fourth-order valence-electron chi connectivity index (χ4n) is 2.66. The van der Waals surface area contributed by atoms with Crippen molar-refractivity contribution in [3.63, 3.8) is 0 Å². The van der Waals surface area contributed by atoms with E-state index in [0.717, 1.165) is 31.4 Å². The Hall–Kier alpha value is -1.36. The summed E-state index contributed by atoms with van der Waals surface area (Å²) in [5.74, 6) is 0.156. The van der Waals surface area contributed by atoms with E-state index in [-0.39, 0.29) is 12.5 Å². The van der Waals surface area contributed by atoms with Gasteiger partial charge in [-0.15, -0.1) is 0 Å². The van der Waals surface area contributed by atoms with Gasteiger partial charge in [-0.2, -0.15) is 5.10 Å². The van der Waals surface area contributed by atoms with Gasteiger partial charge in [-0.3, -0.25) is 9.48 Å². The minimum absolute atomic E-state index is 0.00757. The quantitative estimate of drug-likeness (QED) is 0.868. The Bertz CT molecular complexity index is 459. The Morgan fingerprint density at radius 2 is 2.16 bits per heavy atom. The summed E-state index contributed by atoms with van der Waals surface area (Å²) in [7, 11) is 1.78. The molecule has 2 N–H and O–H groups in total. The van der Waals surface area contributed by atoms with E-state index in [2.05, 4.69) is 24.3 Å². The molecule has 1 aromatic heterocycles. The number of rotatable bonds is 4. The minimum Gasteiger partial charge on any atom is -0.394 e. The fraction of sp³-hybridized carbons (Fsp3) is 0.714. The van der Waals surface area contributed by atoms with Crippen LogP contribution in [0.4, 0.5) is 0 Å². The molecule has 1 heterocycles. The number of nitrogens with zero attached hydrogens (tertiary/aromatic N) is 2. The van der Waals surface area contributed by atoms with E-state index in [1.807, 2.05) is 6.07 Å². The van der Waals surface area contributed by atoms with Crippen molar-refractivity contribution in [2.75, 3.05) is 6.61 Å². The van der Waals surface area contributed by atoms with Gasteiger partial charge in [0.1, 0.15) is 5.69 Å². The standard InChI is InChI=1S/C14H23N3O2/c1-10(2)11-8-12(17(3)16-11)13(19)15-14(9-18)6-4-5-7-14/h8,10,18H,4-7,9H2,1-3H3,(H,15,19). The van der Waals surface area contributed by atoms with Crippen LogP contribution in [0.15, 0.2) is 6.07 Å². The number of carbonyl (C=O) groups excluding carboxylic acids is 1. The van der Waals surface area contributed by atoms with Gasteiger partial charge in [0.2, 0.25) is 0 Å². The number of nitrogens with one attached hydrogen (secondary N) is 1. The molecule has 0 bridgehead atoms. The van der Waals surface area contributed by atoms with E-state index in [9.17, 15) is 9.90 Å². The normalized spacial score (nSPS) is 17.9. The van der Waals surface area contributed by atoms with Crippen LogP contribution in [0.1, 0.15) is 61.6 Å². The molecular weight excluding hydrogens is 242 g/mol. The second kappa shape index (κ2) is 5.33. The molecule has 0 aromatic carbocycles. The van der Waals surface area contributed by atoms with Gasteiger partial charge >= 0.3 is 0 Å². The van der Waals surface area contributed by atoms with Crippen LogP contribution >= 0.6 is 0 Å². The number of amides is 1. The Morgan fingerprint density at radius 3 is 2.63 bits per heavy atom. The molecule has 19 heavy (non-hydrogen) atoms. The van der Waals surface area contributed by atoms with Crippen molar-refractivity contribution < 1.29 is 9.90 Å². The molecule has 0 radical (unpaired) electrons. The third-order valence-electron chi connectivity index (χ3n) is 3.96. The maximum absolute atomic E-state index is 12.3. The molecule has 5 heteroatoms. The summed E-state index contributed by atoms with van der Waals surface area (Å²) in [6.45, 7) is 4.11. The molecule has 2 rings (SSSR count). The van der Waals surface area contributed by atoms with Crippen LogP contribution in [-0.4, -0.2) is 32.9 Å². The molecule has 1 fully saturated rings. The largest absolute Gasteiger partial charge is 0.394 e. The van der Waals surface area contributed by atoms with Crippen molar-refractivity contribution in [3.05, 3.63) is 17.5 Å². The Labute approximate surface area is 114 Å². The van der Waals surface area contributed by atoms with Crippen molar-refractivity contribution in [3.8, 4) is 0 Å². The van der Waals surface area contributed by atoms with Crippen LogP contribution in [0.25, 0.3) is 0 Å². The van der Waals surface area contributed by atoms with E-state index in [1.165, 1.54) is 0 Å². The first kappa shape index (κ1) is 14.1. The molecule has 0 saturated heterocycles. The Kier molecular flexibility index (Phi) is 3.94. The van der Waals surface area contributed by atoms with Crippen molar-refractivity contribution in [1.82, 2.24) is 15.1 Å². The molecule has 106 valence electrons. The topological polar surface area (TPSA) is 67.2 Å². The first-order valence-corrected chi connectivity index (χ1v) is 6.95. The molecular formula is C14H23N3O2. The number of hydrogen-bond acceptors (Lipinski definition) is 3. The molecule has 1 amide bonds. The van der Waals surface area contributed by atoms with Crippen LogP contribution < -0.4 is 5.32 Å². The lowest BCUT2D eigenvalue weighted by Crippen LogP contribution is -2.49. The summed E-state index contributed by atoms with van der Waals surface area (Å²) in [6.07, 6.45) is 3.82. The summed E-state index contributed by atoms with van der Waals surface area (Å²) < 4.78 is 1.62. The fourth-order valence-corrected chi connectivity index (χ4v) is 2.66. The van der Waals surface area contributed by atoms with Crippen LogP contribution in [0.3, 0.4) is 0 Å². The van der Waals surface area contributed by atoms with Crippen molar-refractivity contribution in [1.29, 1.82) is 0 Å². The van der Waals surface area contributed by atoms with Crippen molar-refractivity contribution >= 4 is 5.91 Å². The molecule has 1 saturated carbocycles. The molecule has 0 aliphatic heterocycles. The smallest absolute Gasteiger partial charge is 0.270 e. The Morgan fingerprint density at radius 1 is 1.53 bits per heavy atom. The molecule has 1 aliphatic rings. The molecule has 0 spiro atoms. The van der Waals surface area contributed by atoms with Gasteiger partial charge in [-0.05, 0) is 24.8 Å². The van der Waals surface area contributed by atoms with Gasteiger partial charge in [0.15, 0.2) is 0 Å². The maximum atomic E-state index is 12.3. The predicted molar refractivity (Wildman–Crippen MR) is 73.0 cm³/mol. The lowest BCUT2D eigenvalue weighted by molar-refractivity contribution is 0.0829. The average Bonchev–Trinajstić information content (AvgIpc) is 2.96. The van der Waals surface area contributed by atoms with E-state index >= 15 is 0 Å². The summed E-state index contributed by atoms with van der Waals surface area (Å²) >= 11 is 0. The zero-order valence-corrected chi connectivity index (χ0v) is 11.9. The monoisotopic (exact) mass is 265 g/mol. The van der Waals surface area contributed by atoms with Crippen LogP contribution in [0.2, 0.25) is 0 Å². The maximum Gasteiger partial charge on any atom is 0.270 e. The number of aryl methyl sites for hydroxylation is 1. The molecule has 5 nitrogen and oxygen atoms in total. The zero-order chi connectivity index (χ0) is 14.0. The first-order chi connectivity index (χ1) is 8.97. The van der Waals surface area contributed by atoms with Crippen LogP contribution in [0, 0.1) is 0 Å². The van der Waals surface area contributed by atoms with Crippen molar-refractivity contribution in [2.24, 2.45) is 7.05 Å². The van der Waals surface area contributed by atoms with Gasteiger partial charge in [-0.1, -0.05) is 26.7 Å². The van der Waals surface area contributed by atoms with Crippen LogP contribution in [0.5, 0.6) is 0 Å². The summed E-state index contributed by atoms with van der Waals surface area (Å²) in [5.41, 5.74) is 1.04. The van der Waals surface area contributed by atoms with E-state index < -0.39 is 5.54 Å². The number of carbonyl (C=O) groups is 1. The highest BCUT2D eigenvalue weighted by atomic mass is 16.3. The van der Waals surface area contributed by atoms with Gasteiger partial charge in [0.05, 0.1) is 17.8 Å². The third kappa shape index (κ3) is 2.81. The molecule has 0 atom stereocenters. The van der Waals surface area contributed by atoms with E-state index in [4.69, 9.17) is 0 Å². The SMILES string of the molecule is CC(C)c1cc(C(=O)NC2(CO)CCCC2)n(C)n1. The second-order valence-electron chi connectivity index (χ2n) is 5.83. The van der Waals surface area contributed by atoms with E-state index in [1.54, 1.807) is 11.7 Å². The summed E-state index contributed by atoms with van der Waals surface area (Å²) in [5, 5.41) is 16.9. The first-order valence-electron chi connectivity index (χ1n) is 6.95. The summed E-state index contributed by atoms with van der Waals surface area (Å²) in [4.78, 5) is 12.3. The molecule has 1 aromatic rings. The Balaban J connectivity index is 2.15. The number of aliphatic hydroxyl groups is 1. The van der Waals surface area contributed by atoms with Gasteiger partial charge in [0.25, 0.3) is 5.91 Å². The van der Waals surface area contributed by atoms with Crippen LogP contribution in [-0.2, 0) is 7.05 Å². The third-order valence-corrected chi connectivity index (χ3v) is 3.96.